The Morgan fingerprint density at radius 3 is 2.61 bits per heavy atom. The SMILES string of the molecule is COc1ccc(CN(c2ncns2)S(=O)(=O)c2cc3oc(=O)n([C@H](C)c4ccccc4C4(O)CNC4)c3cc2F)c(OC)c1. The number of nitrogens with one attached hydrogen (secondary N) is 1. The average molecular weight is 642 g/mol. The number of aromatic nitrogens is 3. The highest BCUT2D eigenvalue weighted by Crippen LogP contribution is 2.36. The van der Waals surface area contributed by atoms with Crippen molar-refractivity contribution in [3.63, 3.8) is 0 Å². The van der Waals surface area contributed by atoms with E-state index in [9.17, 15) is 18.3 Å². The van der Waals surface area contributed by atoms with Gasteiger partial charge in [0.05, 0.1) is 32.3 Å². The number of nitrogens with zero attached hydrogens (tertiary/aromatic N) is 4. The lowest BCUT2D eigenvalue weighted by molar-refractivity contribution is -0.0157. The van der Waals surface area contributed by atoms with Gasteiger partial charge in [-0.05, 0) is 30.2 Å². The molecule has 0 bridgehead atoms. The number of halogens is 1. The van der Waals surface area contributed by atoms with E-state index in [1.165, 1.54) is 25.1 Å². The Hall–Kier alpha value is -4.31. The summed E-state index contributed by atoms with van der Waals surface area (Å²) < 4.78 is 66.3. The molecule has 3 aromatic carbocycles. The van der Waals surface area contributed by atoms with Crippen molar-refractivity contribution in [2.45, 2.75) is 30.0 Å². The molecule has 0 radical (unpaired) electrons. The molecule has 2 N–H and O–H groups in total. The van der Waals surface area contributed by atoms with Crippen molar-refractivity contribution >= 4 is 37.8 Å². The molecule has 2 aromatic heterocycles. The Balaban J connectivity index is 1.43. The van der Waals surface area contributed by atoms with Crippen LogP contribution in [-0.2, 0) is 22.2 Å². The fraction of sp³-hybridized carbons (Fsp3) is 0.276. The molecule has 0 spiro atoms. The molecular weight excluding hydrogens is 613 g/mol. The van der Waals surface area contributed by atoms with Gasteiger partial charge in [-0.2, -0.15) is 4.37 Å². The molecule has 1 atom stereocenters. The van der Waals surface area contributed by atoms with Crippen molar-refractivity contribution in [2.24, 2.45) is 0 Å². The fourth-order valence-corrected chi connectivity index (χ4v) is 7.56. The number of β-amino-alcohol motifs (C(OH)–C–C–N with tert-alkyl or cyclic N) is 1. The summed E-state index contributed by atoms with van der Waals surface area (Å²) in [6.07, 6.45) is 1.20. The second-order valence-electron chi connectivity index (χ2n) is 10.3. The highest BCUT2D eigenvalue weighted by atomic mass is 32.2. The second kappa shape index (κ2) is 11.3. The largest absolute Gasteiger partial charge is 0.497 e. The van der Waals surface area contributed by atoms with Gasteiger partial charge in [0.1, 0.15) is 34.1 Å². The standard InChI is InChI=1S/C29H28FN5O7S2/c1-17(20-6-4-5-7-21(20)29(37)14-31-15-29)35-23-11-22(30)26(12-25(23)42-28(35)36)44(38,39)34(27-32-16-33-43-27)13-18-8-9-19(40-2)10-24(18)41-3/h4-12,16-17,31,37H,13-15H2,1-3H3/t17-/m1/s1. The third kappa shape index (κ3) is 5.00. The third-order valence-electron chi connectivity index (χ3n) is 7.74. The Labute approximate surface area is 255 Å². The number of hydrogen-bond donors (Lipinski definition) is 2. The lowest BCUT2D eigenvalue weighted by Gasteiger charge is -2.40. The first-order valence-electron chi connectivity index (χ1n) is 13.4. The highest BCUT2D eigenvalue weighted by molar-refractivity contribution is 7.93. The summed E-state index contributed by atoms with van der Waals surface area (Å²) in [6, 6.07) is 13.3. The van der Waals surface area contributed by atoms with E-state index in [0.717, 1.165) is 28.0 Å². The number of methoxy groups -OCH3 is 2. The Morgan fingerprint density at radius 2 is 1.95 bits per heavy atom. The molecule has 1 saturated heterocycles. The zero-order valence-corrected chi connectivity index (χ0v) is 25.5. The van der Waals surface area contributed by atoms with Gasteiger partial charge in [0.2, 0.25) is 5.13 Å². The predicted octanol–water partition coefficient (Wildman–Crippen LogP) is 3.40. The molecule has 6 rings (SSSR count). The molecule has 0 amide bonds. The summed E-state index contributed by atoms with van der Waals surface area (Å²) in [5.41, 5.74) is 0.570. The Kier molecular flexibility index (Phi) is 7.65. The van der Waals surface area contributed by atoms with Crippen molar-refractivity contribution in [2.75, 3.05) is 31.6 Å². The van der Waals surface area contributed by atoms with Crippen molar-refractivity contribution in [3.05, 3.63) is 94.0 Å². The number of sulfonamides is 1. The molecule has 44 heavy (non-hydrogen) atoms. The maximum absolute atomic E-state index is 15.9. The van der Waals surface area contributed by atoms with E-state index in [1.54, 1.807) is 49.4 Å². The van der Waals surface area contributed by atoms with Gasteiger partial charge in [-0.3, -0.25) is 4.57 Å². The topological polar surface area (TPSA) is 149 Å². The van der Waals surface area contributed by atoms with Gasteiger partial charge in [-0.25, -0.2) is 26.9 Å². The minimum Gasteiger partial charge on any atom is -0.497 e. The number of aliphatic hydroxyl groups is 1. The number of hydrogen-bond acceptors (Lipinski definition) is 11. The summed E-state index contributed by atoms with van der Waals surface area (Å²) in [6.45, 7) is 2.16. The van der Waals surface area contributed by atoms with Crippen LogP contribution in [0.5, 0.6) is 11.5 Å². The van der Waals surface area contributed by atoms with Crippen LogP contribution in [-0.4, -0.2) is 54.8 Å². The van der Waals surface area contributed by atoms with E-state index < -0.39 is 38.1 Å². The van der Waals surface area contributed by atoms with Gasteiger partial charge < -0.3 is 24.3 Å². The van der Waals surface area contributed by atoms with E-state index in [2.05, 4.69) is 14.7 Å². The van der Waals surface area contributed by atoms with Crippen LogP contribution in [0.15, 0.2) is 75.0 Å². The molecule has 3 heterocycles. The summed E-state index contributed by atoms with van der Waals surface area (Å²) in [4.78, 5) is 16.5. The number of ether oxygens (including phenoxy) is 2. The van der Waals surface area contributed by atoms with Crippen molar-refractivity contribution in [1.29, 1.82) is 0 Å². The third-order valence-corrected chi connectivity index (χ3v) is 10.3. The minimum absolute atomic E-state index is 0.00460. The highest BCUT2D eigenvalue weighted by Gasteiger charge is 2.39. The number of oxazole rings is 1. The zero-order valence-electron chi connectivity index (χ0n) is 23.9. The van der Waals surface area contributed by atoms with E-state index >= 15 is 4.39 Å². The summed E-state index contributed by atoms with van der Waals surface area (Å²) in [7, 11) is -1.69. The molecular formula is C29H28FN5O7S2. The van der Waals surface area contributed by atoms with E-state index in [1.807, 2.05) is 0 Å². The first-order valence-corrected chi connectivity index (χ1v) is 15.7. The molecule has 1 aliphatic heterocycles. The number of rotatable bonds is 10. The van der Waals surface area contributed by atoms with E-state index in [-0.39, 0.29) is 22.8 Å². The van der Waals surface area contributed by atoms with Crippen molar-refractivity contribution in [3.8, 4) is 11.5 Å². The smallest absolute Gasteiger partial charge is 0.420 e. The van der Waals surface area contributed by atoms with Crippen LogP contribution in [0.25, 0.3) is 11.1 Å². The van der Waals surface area contributed by atoms with Gasteiger partial charge in [0.25, 0.3) is 10.0 Å². The molecule has 230 valence electrons. The van der Waals surface area contributed by atoms with Crippen LogP contribution < -0.4 is 24.9 Å². The molecule has 12 nitrogen and oxygen atoms in total. The molecule has 5 aromatic rings. The normalized spacial score (nSPS) is 15.1. The quantitative estimate of drug-likeness (QED) is 0.232. The molecule has 15 heteroatoms. The maximum Gasteiger partial charge on any atom is 0.420 e. The van der Waals surface area contributed by atoms with Crippen LogP contribution >= 0.6 is 11.5 Å². The minimum atomic E-state index is -4.61. The lowest BCUT2D eigenvalue weighted by atomic mass is 9.83. The van der Waals surface area contributed by atoms with Crippen LogP contribution in [0.1, 0.15) is 29.7 Å². The number of anilines is 1. The van der Waals surface area contributed by atoms with Crippen molar-refractivity contribution in [1.82, 2.24) is 19.2 Å². The molecule has 0 aliphatic carbocycles. The maximum atomic E-state index is 15.9. The van der Waals surface area contributed by atoms with E-state index in [4.69, 9.17) is 13.9 Å². The predicted molar refractivity (Wildman–Crippen MR) is 160 cm³/mol. The molecule has 1 fully saturated rings. The van der Waals surface area contributed by atoms with Crippen LogP contribution in [0.3, 0.4) is 0 Å². The van der Waals surface area contributed by atoms with Gasteiger partial charge >= 0.3 is 5.76 Å². The Bertz CT molecular complexity index is 2010. The second-order valence-corrected chi connectivity index (χ2v) is 12.9. The van der Waals surface area contributed by atoms with Gasteiger partial charge in [0.15, 0.2) is 5.58 Å². The number of fused-ring (bicyclic) bond motifs is 1. The molecule has 0 saturated carbocycles. The zero-order chi connectivity index (χ0) is 31.2. The first-order chi connectivity index (χ1) is 21.1. The molecule has 0 unspecified atom stereocenters. The first kappa shape index (κ1) is 29.7. The molecule has 1 aliphatic rings. The van der Waals surface area contributed by atoms with E-state index in [0.29, 0.717) is 41.3 Å². The van der Waals surface area contributed by atoms with Crippen molar-refractivity contribution < 1.29 is 31.8 Å². The van der Waals surface area contributed by atoms with Crippen LogP contribution in [0.2, 0.25) is 0 Å². The summed E-state index contributed by atoms with van der Waals surface area (Å²) in [5.74, 6) is -1.04. The monoisotopic (exact) mass is 641 g/mol. The summed E-state index contributed by atoms with van der Waals surface area (Å²) in [5, 5.41) is 14.1. The van der Waals surface area contributed by atoms with Gasteiger partial charge in [-0.15, -0.1) is 0 Å². The lowest BCUT2D eigenvalue weighted by Crippen LogP contribution is -2.57. The van der Waals surface area contributed by atoms with Crippen LogP contribution in [0.4, 0.5) is 9.52 Å². The number of benzene rings is 3. The Morgan fingerprint density at radius 1 is 1.18 bits per heavy atom. The van der Waals surface area contributed by atoms with Crippen LogP contribution in [0, 0.1) is 5.82 Å². The fourth-order valence-electron chi connectivity index (χ4n) is 5.37. The summed E-state index contributed by atoms with van der Waals surface area (Å²) >= 11 is 0.816. The average Bonchev–Trinajstić information content (AvgIpc) is 3.65. The van der Waals surface area contributed by atoms with Gasteiger partial charge in [-0.1, -0.05) is 24.3 Å². The van der Waals surface area contributed by atoms with Gasteiger partial charge in [0, 0.05) is 48.4 Å².